The van der Waals surface area contributed by atoms with Crippen LogP contribution in [0.25, 0.3) is 0 Å². The van der Waals surface area contributed by atoms with Crippen molar-refractivity contribution < 1.29 is 9.59 Å². The first-order valence-electron chi connectivity index (χ1n) is 5.97. The van der Waals surface area contributed by atoms with E-state index >= 15 is 0 Å². The molecule has 1 aromatic rings. The zero-order chi connectivity index (χ0) is 14.3. The summed E-state index contributed by atoms with van der Waals surface area (Å²) in [4.78, 5) is 23.2. The van der Waals surface area contributed by atoms with Crippen LogP contribution in [0.4, 0.5) is 5.69 Å². The van der Waals surface area contributed by atoms with E-state index in [9.17, 15) is 9.59 Å². The number of amides is 2. The molecule has 0 aromatic heterocycles. The Morgan fingerprint density at radius 1 is 1.37 bits per heavy atom. The van der Waals surface area contributed by atoms with Gasteiger partial charge < -0.3 is 10.6 Å². The predicted octanol–water partition coefficient (Wildman–Crippen LogP) is 2.78. The van der Waals surface area contributed by atoms with Gasteiger partial charge in [0.05, 0.1) is 10.6 Å². The van der Waals surface area contributed by atoms with Crippen molar-refractivity contribution in [1.82, 2.24) is 5.32 Å². The summed E-state index contributed by atoms with van der Waals surface area (Å²) in [6, 6.07) is 4.86. The molecule has 6 heteroatoms. The Morgan fingerprint density at radius 3 is 2.74 bits per heavy atom. The van der Waals surface area contributed by atoms with Crippen LogP contribution in [-0.2, 0) is 4.79 Å². The van der Waals surface area contributed by atoms with Gasteiger partial charge in [-0.15, -0.1) is 0 Å². The number of rotatable bonds is 6. The van der Waals surface area contributed by atoms with Crippen molar-refractivity contribution in [3.8, 4) is 0 Å². The monoisotopic (exact) mass is 300 g/mol. The van der Waals surface area contributed by atoms with Gasteiger partial charge in [0.1, 0.15) is 0 Å². The van der Waals surface area contributed by atoms with Crippen molar-refractivity contribution >= 4 is 40.9 Å². The van der Waals surface area contributed by atoms with Crippen LogP contribution in [0.15, 0.2) is 18.2 Å². The highest BCUT2D eigenvalue weighted by Crippen LogP contribution is 2.20. The zero-order valence-electron chi connectivity index (χ0n) is 11.0. The maximum Gasteiger partial charge on any atom is 0.252 e. The van der Waals surface area contributed by atoms with E-state index in [1.54, 1.807) is 30.0 Å². The first-order chi connectivity index (χ1) is 9.08. The van der Waals surface area contributed by atoms with Crippen LogP contribution in [-0.4, -0.2) is 30.4 Å². The van der Waals surface area contributed by atoms with Gasteiger partial charge in [-0.3, -0.25) is 9.59 Å². The number of carbonyl (C=O) groups is 2. The fraction of sp³-hybridized carbons (Fsp3) is 0.385. The molecule has 0 saturated carbocycles. The zero-order valence-corrected chi connectivity index (χ0v) is 12.5. The molecule has 0 atom stereocenters. The van der Waals surface area contributed by atoms with Crippen LogP contribution in [0, 0.1) is 0 Å². The quantitative estimate of drug-likeness (QED) is 0.794. The van der Waals surface area contributed by atoms with Gasteiger partial charge in [0, 0.05) is 24.9 Å². The molecule has 0 radical (unpaired) electrons. The van der Waals surface area contributed by atoms with Crippen LogP contribution < -0.4 is 10.6 Å². The summed E-state index contributed by atoms with van der Waals surface area (Å²) in [5, 5.41) is 5.62. The molecule has 1 rings (SSSR count). The van der Waals surface area contributed by atoms with Crippen molar-refractivity contribution in [1.29, 1.82) is 0 Å². The predicted molar refractivity (Wildman–Crippen MR) is 81.1 cm³/mol. The smallest absolute Gasteiger partial charge is 0.252 e. The maximum absolute atomic E-state index is 11.7. The maximum atomic E-state index is 11.7. The molecule has 4 nitrogen and oxygen atoms in total. The second kappa shape index (κ2) is 8.07. The van der Waals surface area contributed by atoms with Crippen molar-refractivity contribution in [2.24, 2.45) is 0 Å². The lowest BCUT2D eigenvalue weighted by Gasteiger charge is -2.08. The van der Waals surface area contributed by atoms with E-state index in [1.165, 1.54) is 7.05 Å². The minimum Gasteiger partial charge on any atom is -0.355 e. The summed E-state index contributed by atoms with van der Waals surface area (Å²) in [6.07, 6.45) is 0.455. The molecule has 2 amide bonds. The van der Waals surface area contributed by atoms with Gasteiger partial charge in [0.2, 0.25) is 5.91 Å². The van der Waals surface area contributed by atoms with Gasteiger partial charge >= 0.3 is 0 Å². The number of carbonyl (C=O) groups excluding carboxylic acids is 2. The highest BCUT2D eigenvalue weighted by Gasteiger charge is 2.10. The lowest BCUT2D eigenvalue weighted by atomic mass is 10.2. The van der Waals surface area contributed by atoms with E-state index in [1.807, 2.05) is 0 Å². The van der Waals surface area contributed by atoms with Crippen molar-refractivity contribution in [2.45, 2.75) is 13.3 Å². The van der Waals surface area contributed by atoms with E-state index in [2.05, 4.69) is 17.6 Å². The van der Waals surface area contributed by atoms with E-state index in [4.69, 9.17) is 11.6 Å². The number of benzene rings is 1. The van der Waals surface area contributed by atoms with E-state index in [0.717, 1.165) is 11.5 Å². The van der Waals surface area contributed by atoms with Crippen LogP contribution in [0.2, 0.25) is 5.02 Å². The Kier molecular flexibility index (Phi) is 6.73. The average Bonchev–Trinajstić information content (AvgIpc) is 2.40. The third-order valence-corrected chi connectivity index (χ3v) is 3.63. The molecule has 0 fully saturated rings. The van der Waals surface area contributed by atoms with Crippen molar-refractivity contribution in [3.63, 3.8) is 0 Å². The molecule has 19 heavy (non-hydrogen) atoms. The van der Waals surface area contributed by atoms with Gasteiger partial charge in [0.15, 0.2) is 0 Å². The van der Waals surface area contributed by atoms with Gasteiger partial charge in [-0.25, -0.2) is 0 Å². The molecule has 0 saturated heterocycles. The highest BCUT2D eigenvalue weighted by atomic mass is 35.5. The summed E-state index contributed by atoms with van der Waals surface area (Å²) < 4.78 is 0. The van der Waals surface area contributed by atoms with Crippen molar-refractivity contribution in [2.75, 3.05) is 23.9 Å². The Labute approximate surface area is 122 Å². The molecule has 0 aliphatic heterocycles. The van der Waals surface area contributed by atoms with E-state index in [0.29, 0.717) is 22.7 Å². The van der Waals surface area contributed by atoms with Gasteiger partial charge in [0.25, 0.3) is 5.91 Å². The fourth-order valence-electron chi connectivity index (χ4n) is 1.44. The Balaban J connectivity index is 2.69. The summed E-state index contributed by atoms with van der Waals surface area (Å²) in [6.45, 7) is 2.05. The van der Waals surface area contributed by atoms with Crippen molar-refractivity contribution in [3.05, 3.63) is 28.8 Å². The molecular formula is C13H17ClN2O2S. The normalized spacial score (nSPS) is 10.1. The molecule has 0 heterocycles. The minimum atomic E-state index is -0.275. The molecule has 0 aliphatic rings. The summed E-state index contributed by atoms with van der Waals surface area (Å²) in [5.74, 6) is 1.45. The molecule has 0 aliphatic carbocycles. The van der Waals surface area contributed by atoms with Crippen LogP contribution >= 0.6 is 23.4 Å². The Bertz CT molecular complexity index is 466. The molecule has 1 aromatic carbocycles. The molecule has 2 N–H and O–H groups in total. The van der Waals surface area contributed by atoms with Crippen LogP contribution in [0.3, 0.4) is 0 Å². The second-order valence-electron chi connectivity index (χ2n) is 3.77. The van der Waals surface area contributed by atoms with Gasteiger partial charge in [-0.2, -0.15) is 11.8 Å². The SMILES string of the molecule is CCSCCC(=O)Nc1ccc(Cl)c(C(=O)NC)c1. The molecular weight excluding hydrogens is 284 g/mol. The lowest BCUT2D eigenvalue weighted by molar-refractivity contribution is -0.115. The first kappa shape index (κ1) is 15.9. The van der Waals surface area contributed by atoms with Gasteiger partial charge in [-0.05, 0) is 24.0 Å². The number of halogens is 1. The third-order valence-electron chi connectivity index (χ3n) is 2.40. The van der Waals surface area contributed by atoms with Gasteiger partial charge in [-0.1, -0.05) is 18.5 Å². The topological polar surface area (TPSA) is 58.2 Å². The van der Waals surface area contributed by atoms with Crippen LogP contribution in [0.1, 0.15) is 23.7 Å². The number of hydrogen-bond acceptors (Lipinski definition) is 3. The Hall–Kier alpha value is -1.20. The van der Waals surface area contributed by atoms with Crippen LogP contribution in [0.5, 0.6) is 0 Å². The third kappa shape index (κ3) is 5.12. The largest absolute Gasteiger partial charge is 0.355 e. The summed E-state index contributed by atoms with van der Waals surface area (Å²) >= 11 is 7.65. The lowest BCUT2D eigenvalue weighted by Crippen LogP contribution is -2.19. The first-order valence-corrected chi connectivity index (χ1v) is 7.51. The summed E-state index contributed by atoms with van der Waals surface area (Å²) in [7, 11) is 1.53. The fourth-order valence-corrected chi connectivity index (χ4v) is 2.27. The number of hydrogen-bond donors (Lipinski definition) is 2. The minimum absolute atomic E-state index is 0.0638. The Morgan fingerprint density at radius 2 is 2.11 bits per heavy atom. The second-order valence-corrected chi connectivity index (χ2v) is 5.57. The van der Waals surface area contributed by atoms with E-state index < -0.39 is 0 Å². The average molecular weight is 301 g/mol. The van der Waals surface area contributed by atoms with E-state index in [-0.39, 0.29) is 11.8 Å². The molecule has 0 spiro atoms. The molecule has 0 bridgehead atoms. The number of nitrogens with one attached hydrogen (secondary N) is 2. The molecule has 0 unspecified atom stereocenters. The number of anilines is 1. The molecule has 104 valence electrons. The standard InChI is InChI=1S/C13H17ClN2O2S/c1-3-19-7-6-12(17)16-9-4-5-11(14)10(8-9)13(18)15-2/h4-5,8H,3,6-7H2,1-2H3,(H,15,18)(H,16,17). The highest BCUT2D eigenvalue weighted by molar-refractivity contribution is 7.99. The number of thioether (sulfide) groups is 1. The summed E-state index contributed by atoms with van der Waals surface area (Å²) in [5.41, 5.74) is 0.930.